The predicted molar refractivity (Wildman–Crippen MR) is 80.3 cm³/mol. The maximum Gasteiger partial charge on any atom is 0.253 e. The zero-order valence-electron chi connectivity index (χ0n) is 12.6. The highest BCUT2D eigenvalue weighted by Crippen LogP contribution is 2.38. The standard InChI is InChI=1S/C16H25N3O/c1-3-16(4-2)6-9-19(10-7-16)15(20)13-5-8-18-14(11-13)12-17/h5,8,11H,3-4,6-7,9-10,12,17H2,1-2H3. The molecule has 0 atom stereocenters. The summed E-state index contributed by atoms with van der Waals surface area (Å²) in [7, 11) is 0. The molecule has 110 valence electrons. The Balaban J connectivity index is 2.04. The Morgan fingerprint density at radius 3 is 2.55 bits per heavy atom. The van der Waals surface area contributed by atoms with E-state index < -0.39 is 0 Å². The molecule has 20 heavy (non-hydrogen) atoms. The lowest BCUT2D eigenvalue weighted by atomic mass is 9.74. The number of piperidine rings is 1. The maximum atomic E-state index is 12.5. The Morgan fingerprint density at radius 1 is 1.35 bits per heavy atom. The van der Waals surface area contributed by atoms with Crippen LogP contribution in [-0.4, -0.2) is 28.9 Å². The van der Waals surface area contributed by atoms with Crippen LogP contribution in [0, 0.1) is 5.41 Å². The molecule has 0 bridgehead atoms. The van der Waals surface area contributed by atoms with Crippen LogP contribution < -0.4 is 5.73 Å². The molecule has 0 aromatic carbocycles. The Hall–Kier alpha value is -1.42. The Kier molecular flexibility index (Phi) is 4.76. The van der Waals surface area contributed by atoms with Crippen LogP contribution in [0.2, 0.25) is 0 Å². The monoisotopic (exact) mass is 275 g/mol. The number of nitrogens with zero attached hydrogens (tertiary/aromatic N) is 2. The SMILES string of the molecule is CCC1(CC)CCN(C(=O)c2ccnc(CN)c2)CC1. The van der Waals surface area contributed by atoms with Gasteiger partial charge < -0.3 is 10.6 Å². The topological polar surface area (TPSA) is 59.2 Å². The van der Waals surface area contributed by atoms with Gasteiger partial charge in [-0.25, -0.2) is 0 Å². The summed E-state index contributed by atoms with van der Waals surface area (Å²) in [5, 5.41) is 0. The number of rotatable bonds is 4. The zero-order valence-corrected chi connectivity index (χ0v) is 12.6. The van der Waals surface area contributed by atoms with E-state index in [1.165, 1.54) is 12.8 Å². The summed E-state index contributed by atoms with van der Waals surface area (Å²) in [6.07, 6.45) is 6.30. The number of carbonyl (C=O) groups excluding carboxylic acids is 1. The minimum Gasteiger partial charge on any atom is -0.339 e. The van der Waals surface area contributed by atoms with Gasteiger partial charge in [0.05, 0.1) is 5.69 Å². The second-order valence-electron chi connectivity index (χ2n) is 5.74. The molecule has 0 spiro atoms. The van der Waals surface area contributed by atoms with E-state index in [2.05, 4.69) is 18.8 Å². The van der Waals surface area contributed by atoms with Gasteiger partial charge in [0.1, 0.15) is 0 Å². The largest absolute Gasteiger partial charge is 0.339 e. The molecule has 4 heteroatoms. The van der Waals surface area contributed by atoms with Gasteiger partial charge in [0.15, 0.2) is 0 Å². The number of hydrogen-bond donors (Lipinski definition) is 1. The second kappa shape index (κ2) is 6.35. The lowest BCUT2D eigenvalue weighted by Gasteiger charge is -2.41. The first-order valence-electron chi connectivity index (χ1n) is 7.58. The van der Waals surface area contributed by atoms with Gasteiger partial charge in [-0.3, -0.25) is 9.78 Å². The molecule has 2 N–H and O–H groups in total. The van der Waals surface area contributed by atoms with Crippen molar-refractivity contribution in [3.63, 3.8) is 0 Å². The fourth-order valence-corrected chi connectivity index (χ4v) is 3.05. The summed E-state index contributed by atoms with van der Waals surface area (Å²) < 4.78 is 0. The van der Waals surface area contributed by atoms with Gasteiger partial charge >= 0.3 is 0 Å². The van der Waals surface area contributed by atoms with Crippen LogP contribution in [0.5, 0.6) is 0 Å². The molecule has 1 fully saturated rings. The van der Waals surface area contributed by atoms with Crippen molar-refractivity contribution in [1.82, 2.24) is 9.88 Å². The van der Waals surface area contributed by atoms with E-state index in [1.807, 2.05) is 11.0 Å². The molecule has 1 saturated heterocycles. The second-order valence-corrected chi connectivity index (χ2v) is 5.74. The fraction of sp³-hybridized carbons (Fsp3) is 0.625. The molecule has 0 unspecified atom stereocenters. The molecule has 0 radical (unpaired) electrons. The van der Waals surface area contributed by atoms with Crippen LogP contribution in [0.3, 0.4) is 0 Å². The van der Waals surface area contributed by atoms with E-state index in [0.29, 0.717) is 17.5 Å². The highest BCUT2D eigenvalue weighted by Gasteiger charge is 2.33. The lowest BCUT2D eigenvalue weighted by molar-refractivity contribution is 0.0557. The first kappa shape index (κ1) is 15.0. The number of hydrogen-bond acceptors (Lipinski definition) is 3. The van der Waals surface area contributed by atoms with E-state index in [0.717, 1.165) is 31.6 Å². The van der Waals surface area contributed by atoms with Crippen LogP contribution in [0.4, 0.5) is 0 Å². The average Bonchev–Trinajstić information content (AvgIpc) is 2.54. The third-order valence-electron chi connectivity index (χ3n) is 4.88. The van der Waals surface area contributed by atoms with Crippen LogP contribution in [0.15, 0.2) is 18.3 Å². The Bertz CT molecular complexity index is 459. The van der Waals surface area contributed by atoms with Gasteiger partial charge in [0, 0.05) is 31.4 Å². The van der Waals surface area contributed by atoms with E-state index in [-0.39, 0.29) is 5.91 Å². The Labute approximate surface area is 121 Å². The van der Waals surface area contributed by atoms with Crippen LogP contribution in [0.25, 0.3) is 0 Å². The van der Waals surface area contributed by atoms with E-state index >= 15 is 0 Å². The third-order valence-corrected chi connectivity index (χ3v) is 4.88. The quantitative estimate of drug-likeness (QED) is 0.918. The van der Waals surface area contributed by atoms with Crippen molar-refractivity contribution in [3.8, 4) is 0 Å². The molecule has 4 nitrogen and oxygen atoms in total. The lowest BCUT2D eigenvalue weighted by Crippen LogP contribution is -2.42. The summed E-state index contributed by atoms with van der Waals surface area (Å²) in [6.45, 7) is 6.62. The van der Waals surface area contributed by atoms with Gasteiger partial charge in [-0.15, -0.1) is 0 Å². The highest BCUT2D eigenvalue weighted by atomic mass is 16.2. The first-order valence-corrected chi connectivity index (χ1v) is 7.58. The number of amides is 1. The van der Waals surface area contributed by atoms with E-state index in [4.69, 9.17) is 5.73 Å². The average molecular weight is 275 g/mol. The smallest absolute Gasteiger partial charge is 0.253 e. The van der Waals surface area contributed by atoms with Crippen molar-refractivity contribution in [2.45, 2.75) is 46.1 Å². The van der Waals surface area contributed by atoms with E-state index in [1.54, 1.807) is 12.3 Å². The highest BCUT2D eigenvalue weighted by molar-refractivity contribution is 5.94. The molecule has 2 rings (SSSR count). The Morgan fingerprint density at radius 2 is 2.00 bits per heavy atom. The minimum atomic E-state index is 0.114. The molecule has 1 amide bonds. The number of pyridine rings is 1. The number of aromatic nitrogens is 1. The van der Waals surface area contributed by atoms with E-state index in [9.17, 15) is 4.79 Å². The van der Waals surface area contributed by atoms with Crippen LogP contribution in [-0.2, 0) is 6.54 Å². The van der Waals surface area contributed by atoms with Gasteiger partial charge in [0.25, 0.3) is 5.91 Å². The van der Waals surface area contributed by atoms with Crippen LogP contribution in [0.1, 0.15) is 55.6 Å². The molecule has 2 heterocycles. The molecular formula is C16H25N3O. The maximum absolute atomic E-state index is 12.5. The number of nitrogens with two attached hydrogens (primary N) is 1. The van der Waals surface area contributed by atoms with Crippen molar-refractivity contribution < 1.29 is 4.79 Å². The molecule has 1 aliphatic rings. The predicted octanol–water partition coefficient (Wildman–Crippen LogP) is 2.58. The fourth-order valence-electron chi connectivity index (χ4n) is 3.05. The molecule has 0 aliphatic carbocycles. The van der Waals surface area contributed by atoms with Crippen molar-refractivity contribution in [3.05, 3.63) is 29.6 Å². The summed E-state index contributed by atoms with van der Waals surface area (Å²) in [6, 6.07) is 3.59. The number of carbonyl (C=O) groups is 1. The van der Waals surface area contributed by atoms with Gasteiger partial charge in [0.2, 0.25) is 0 Å². The minimum absolute atomic E-state index is 0.114. The molecule has 1 aromatic heterocycles. The van der Waals surface area contributed by atoms with Gasteiger partial charge in [-0.05, 0) is 30.4 Å². The summed E-state index contributed by atoms with van der Waals surface area (Å²) in [4.78, 5) is 18.6. The summed E-state index contributed by atoms with van der Waals surface area (Å²) in [5.74, 6) is 0.114. The van der Waals surface area contributed by atoms with Crippen LogP contribution >= 0.6 is 0 Å². The van der Waals surface area contributed by atoms with Crippen molar-refractivity contribution in [1.29, 1.82) is 0 Å². The van der Waals surface area contributed by atoms with Gasteiger partial charge in [-0.2, -0.15) is 0 Å². The molecular weight excluding hydrogens is 250 g/mol. The van der Waals surface area contributed by atoms with Crippen molar-refractivity contribution >= 4 is 5.91 Å². The molecule has 1 aliphatic heterocycles. The molecule has 0 saturated carbocycles. The summed E-state index contributed by atoms with van der Waals surface area (Å²) in [5.41, 5.74) is 7.50. The molecule has 1 aromatic rings. The van der Waals surface area contributed by atoms with Crippen molar-refractivity contribution in [2.24, 2.45) is 11.1 Å². The normalized spacial score (nSPS) is 18.1. The zero-order chi connectivity index (χ0) is 14.6. The van der Waals surface area contributed by atoms with Gasteiger partial charge in [-0.1, -0.05) is 26.7 Å². The first-order chi connectivity index (χ1) is 9.64. The third kappa shape index (κ3) is 3.01. The van der Waals surface area contributed by atoms with Crippen molar-refractivity contribution in [2.75, 3.05) is 13.1 Å². The summed E-state index contributed by atoms with van der Waals surface area (Å²) >= 11 is 0. The number of likely N-dealkylation sites (tertiary alicyclic amines) is 1.